The van der Waals surface area contributed by atoms with Crippen LogP contribution in [-0.4, -0.2) is 13.0 Å². The number of carbonyl (C=O) groups is 1. The third-order valence-electron chi connectivity index (χ3n) is 2.55. The number of anilines is 1. The topological polar surface area (TPSA) is 64.3 Å². The van der Waals surface area contributed by atoms with Crippen molar-refractivity contribution in [3.8, 4) is 5.75 Å². The van der Waals surface area contributed by atoms with Crippen molar-refractivity contribution in [1.82, 2.24) is 5.32 Å². The Bertz CT molecular complexity index is 598. The summed E-state index contributed by atoms with van der Waals surface area (Å²) >= 11 is 4.96. The van der Waals surface area contributed by atoms with Crippen LogP contribution in [0.2, 0.25) is 0 Å². The molecule has 19 heavy (non-hydrogen) atoms. The van der Waals surface area contributed by atoms with Gasteiger partial charge in [-0.2, -0.15) is 0 Å². The molecule has 1 aromatic heterocycles. The molecule has 4 nitrogen and oxygen atoms in total. The SMILES string of the molecule is COc1ccc(N)c(C(=O)NCc2cc(Br)cs2)c1. The Morgan fingerprint density at radius 3 is 2.89 bits per heavy atom. The van der Waals surface area contributed by atoms with Crippen LogP contribution in [-0.2, 0) is 6.54 Å². The second-order valence-electron chi connectivity index (χ2n) is 3.87. The number of hydrogen-bond acceptors (Lipinski definition) is 4. The van der Waals surface area contributed by atoms with Crippen LogP contribution in [0.3, 0.4) is 0 Å². The van der Waals surface area contributed by atoms with Crippen molar-refractivity contribution in [2.45, 2.75) is 6.54 Å². The Morgan fingerprint density at radius 2 is 2.26 bits per heavy atom. The number of halogens is 1. The molecule has 1 heterocycles. The molecule has 0 fully saturated rings. The minimum atomic E-state index is -0.207. The van der Waals surface area contributed by atoms with E-state index in [4.69, 9.17) is 10.5 Å². The molecule has 6 heteroatoms. The van der Waals surface area contributed by atoms with Crippen LogP contribution in [0.5, 0.6) is 5.75 Å². The van der Waals surface area contributed by atoms with E-state index in [0.29, 0.717) is 23.5 Å². The maximum absolute atomic E-state index is 12.1. The molecule has 1 amide bonds. The van der Waals surface area contributed by atoms with Crippen molar-refractivity contribution in [1.29, 1.82) is 0 Å². The third-order valence-corrected chi connectivity index (χ3v) is 4.25. The van der Waals surface area contributed by atoms with Crippen molar-refractivity contribution in [2.75, 3.05) is 12.8 Å². The smallest absolute Gasteiger partial charge is 0.253 e. The molecule has 0 radical (unpaired) electrons. The summed E-state index contributed by atoms with van der Waals surface area (Å²) in [6, 6.07) is 6.99. The van der Waals surface area contributed by atoms with Crippen molar-refractivity contribution in [2.24, 2.45) is 0 Å². The maximum Gasteiger partial charge on any atom is 0.253 e. The van der Waals surface area contributed by atoms with Crippen LogP contribution in [0.4, 0.5) is 5.69 Å². The molecule has 2 aromatic rings. The molecule has 0 saturated heterocycles. The highest BCUT2D eigenvalue weighted by Crippen LogP contribution is 2.21. The number of rotatable bonds is 4. The summed E-state index contributed by atoms with van der Waals surface area (Å²) in [7, 11) is 1.55. The molecule has 0 spiro atoms. The lowest BCUT2D eigenvalue weighted by molar-refractivity contribution is 0.0952. The average molecular weight is 341 g/mol. The molecule has 3 N–H and O–H groups in total. The molecule has 0 saturated carbocycles. The Morgan fingerprint density at radius 1 is 1.47 bits per heavy atom. The van der Waals surface area contributed by atoms with Gasteiger partial charge in [0.25, 0.3) is 5.91 Å². The number of carbonyl (C=O) groups excluding carboxylic acids is 1. The largest absolute Gasteiger partial charge is 0.497 e. The Hall–Kier alpha value is -1.53. The summed E-state index contributed by atoms with van der Waals surface area (Å²) in [5, 5.41) is 4.81. The summed E-state index contributed by atoms with van der Waals surface area (Å²) < 4.78 is 6.10. The van der Waals surface area contributed by atoms with Gasteiger partial charge in [0.05, 0.1) is 19.2 Å². The third kappa shape index (κ3) is 3.48. The fraction of sp³-hybridized carbons (Fsp3) is 0.154. The van der Waals surface area contributed by atoms with Gasteiger partial charge in [-0.05, 0) is 40.2 Å². The number of ether oxygens (including phenoxy) is 1. The summed E-state index contributed by atoms with van der Waals surface area (Å²) in [6.07, 6.45) is 0. The Labute approximate surface area is 123 Å². The molecular formula is C13H13BrN2O2S. The van der Waals surface area contributed by atoms with Gasteiger partial charge in [-0.25, -0.2) is 0 Å². The van der Waals surface area contributed by atoms with Crippen molar-refractivity contribution >= 4 is 38.9 Å². The molecule has 0 aliphatic rings. The highest BCUT2D eigenvalue weighted by Gasteiger charge is 2.11. The molecule has 1 aromatic carbocycles. The molecule has 2 rings (SSSR count). The first-order chi connectivity index (χ1) is 9.10. The normalized spacial score (nSPS) is 10.2. The Balaban J connectivity index is 2.07. The maximum atomic E-state index is 12.1. The highest BCUT2D eigenvalue weighted by molar-refractivity contribution is 9.10. The van der Waals surface area contributed by atoms with E-state index in [0.717, 1.165) is 9.35 Å². The second-order valence-corrected chi connectivity index (χ2v) is 5.78. The summed E-state index contributed by atoms with van der Waals surface area (Å²) in [5.74, 6) is 0.402. The molecule has 0 aliphatic carbocycles. The standard InChI is InChI=1S/C13H13BrN2O2S/c1-18-9-2-3-12(15)11(5-9)13(17)16-6-10-4-8(14)7-19-10/h2-5,7H,6,15H2,1H3,(H,16,17). The number of nitrogens with two attached hydrogens (primary N) is 1. The number of nitrogens with one attached hydrogen (secondary N) is 1. The fourth-order valence-electron chi connectivity index (χ4n) is 1.57. The number of methoxy groups -OCH3 is 1. The fourth-order valence-corrected chi connectivity index (χ4v) is 2.96. The lowest BCUT2D eigenvalue weighted by Gasteiger charge is -2.08. The molecular weight excluding hydrogens is 328 g/mol. The van der Waals surface area contributed by atoms with Crippen molar-refractivity contribution in [3.05, 3.63) is 44.6 Å². The summed E-state index contributed by atoms with van der Waals surface area (Å²) in [5.41, 5.74) is 6.66. The monoisotopic (exact) mass is 340 g/mol. The summed E-state index contributed by atoms with van der Waals surface area (Å²) in [4.78, 5) is 13.1. The van der Waals surface area contributed by atoms with E-state index >= 15 is 0 Å². The van der Waals surface area contributed by atoms with E-state index in [-0.39, 0.29) is 5.91 Å². The van der Waals surface area contributed by atoms with Crippen LogP contribution in [0.1, 0.15) is 15.2 Å². The summed E-state index contributed by atoms with van der Waals surface area (Å²) in [6.45, 7) is 0.478. The Kier molecular flexibility index (Phi) is 4.44. The number of nitrogen functional groups attached to an aromatic ring is 1. The van der Waals surface area contributed by atoms with Gasteiger partial charge in [-0.3, -0.25) is 4.79 Å². The minimum Gasteiger partial charge on any atom is -0.497 e. The van der Waals surface area contributed by atoms with Gasteiger partial charge in [-0.15, -0.1) is 11.3 Å². The first-order valence-electron chi connectivity index (χ1n) is 5.55. The zero-order valence-electron chi connectivity index (χ0n) is 10.3. The van der Waals surface area contributed by atoms with Crippen LogP contribution < -0.4 is 15.8 Å². The molecule has 0 atom stereocenters. The molecule has 100 valence electrons. The number of benzene rings is 1. The zero-order chi connectivity index (χ0) is 13.8. The van der Waals surface area contributed by atoms with E-state index in [1.54, 1.807) is 36.6 Å². The molecule has 0 unspecified atom stereocenters. The lowest BCUT2D eigenvalue weighted by atomic mass is 10.1. The second kappa shape index (κ2) is 6.08. The predicted octanol–water partition coefficient (Wildman–Crippen LogP) is 3.03. The van der Waals surface area contributed by atoms with Crippen molar-refractivity contribution in [3.63, 3.8) is 0 Å². The van der Waals surface area contributed by atoms with Gasteiger partial charge in [0, 0.05) is 20.4 Å². The van der Waals surface area contributed by atoms with Crippen LogP contribution in [0.15, 0.2) is 34.1 Å². The van der Waals surface area contributed by atoms with E-state index in [9.17, 15) is 4.79 Å². The minimum absolute atomic E-state index is 0.207. The van der Waals surface area contributed by atoms with E-state index in [1.807, 2.05) is 11.4 Å². The predicted molar refractivity (Wildman–Crippen MR) is 80.6 cm³/mol. The number of thiophene rings is 1. The first kappa shape index (κ1) is 13.9. The molecule has 0 bridgehead atoms. The van der Waals surface area contributed by atoms with Gasteiger partial charge < -0.3 is 15.8 Å². The van der Waals surface area contributed by atoms with Gasteiger partial charge >= 0.3 is 0 Å². The van der Waals surface area contributed by atoms with Gasteiger partial charge in [0.15, 0.2) is 0 Å². The zero-order valence-corrected chi connectivity index (χ0v) is 12.7. The van der Waals surface area contributed by atoms with Gasteiger partial charge in [0.1, 0.15) is 5.75 Å². The van der Waals surface area contributed by atoms with Crippen LogP contribution >= 0.6 is 27.3 Å². The van der Waals surface area contributed by atoms with Gasteiger partial charge in [-0.1, -0.05) is 0 Å². The highest BCUT2D eigenvalue weighted by atomic mass is 79.9. The number of amides is 1. The van der Waals surface area contributed by atoms with E-state index in [1.165, 1.54) is 0 Å². The quantitative estimate of drug-likeness (QED) is 0.840. The lowest BCUT2D eigenvalue weighted by Crippen LogP contribution is -2.23. The number of hydrogen-bond donors (Lipinski definition) is 2. The molecule has 0 aliphatic heterocycles. The van der Waals surface area contributed by atoms with Crippen molar-refractivity contribution < 1.29 is 9.53 Å². The van der Waals surface area contributed by atoms with Gasteiger partial charge in [0.2, 0.25) is 0 Å². The first-order valence-corrected chi connectivity index (χ1v) is 7.22. The van der Waals surface area contributed by atoms with Crippen LogP contribution in [0, 0.1) is 0 Å². The van der Waals surface area contributed by atoms with E-state index in [2.05, 4.69) is 21.2 Å². The average Bonchev–Trinajstić information content (AvgIpc) is 2.82. The van der Waals surface area contributed by atoms with E-state index < -0.39 is 0 Å². The van der Waals surface area contributed by atoms with Crippen LogP contribution in [0.25, 0.3) is 0 Å².